The summed E-state index contributed by atoms with van der Waals surface area (Å²) in [7, 11) is 3.82. The predicted molar refractivity (Wildman–Crippen MR) is 140 cm³/mol. The molecule has 2 aromatic carbocycles. The van der Waals surface area contributed by atoms with Gasteiger partial charge < -0.3 is 30.7 Å². The van der Waals surface area contributed by atoms with Crippen LogP contribution in [0.3, 0.4) is 0 Å². The Morgan fingerprint density at radius 3 is 2.56 bits per heavy atom. The maximum Gasteiger partial charge on any atom is 0.248 e. The first-order chi connectivity index (χ1) is 17.4. The van der Waals surface area contributed by atoms with Gasteiger partial charge in [-0.2, -0.15) is 0 Å². The number of anilines is 2. The molecule has 10 nitrogen and oxygen atoms in total. The molecule has 1 heterocycles. The van der Waals surface area contributed by atoms with Crippen molar-refractivity contribution in [2.75, 3.05) is 51.0 Å². The highest BCUT2D eigenvalue weighted by Crippen LogP contribution is 2.33. The van der Waals surface area contributed by atoms with Gasteiger partial charge in [0.05, 0.1) is 30.5 Å². The lowest BCUT2D eigenvalue weighted by Gasteiger charge is -2.19. The van der Waals surface area contributed by atoms with Gasteiger partial charge in [0.25, 0.3) is 0 Å². The number of benzene rings is 2. The summed E-state index contributed by atoms with van der Waals surface area (Å²) in [6.45, 7) is 3.25. The Bertz CT molecular complexity index is 1200. The van der Waals surface area contributed by atoms with E-state index in [0.717, 1.165) is 5.56 Å². The molecule has 0 saturated carbocycles. The summed E-state index contributed by atoms with van der Waals surface area (Å²) in [4.78, 5) is 35.2. The SMILES string of the molecule is CCOc1cc2ncnc(N[C@H](CO)c3ccccc3)c2cc1NC(=O)C=CC(=O)NCCN(C)C. The Kier molecular flexibility index (Phi) is 9.73. The summed E-state index contributed by atoms with van der Waals surface area (Å²) in [5, 5.41) is 19.3. The molecule has 3 rings (SSSR count). The van der Waals surface area contributed by atoms with Crippen molar-refractivity contribution < 1.29 is 19.4 Å². The first kappa shape index (κ1) is 26.6. The zero-order valence-electron chi connectivity index (χ0n) is 20.7. The fraction of sp³-hybridized carbons (Fsp3) is 0.308. The Morgan fingerprint density at radius 1 is 1.11 bits per heavy atom. The summed E-state index contributed by atoms with van der Waals surface area (Å²) < 4.78 is 5.71. The molecule has 0 fully saturated rings. The average Bonchev–Trinajstić information content (AvgIpc) is 2.87. The van der Waals surface area contributed by atoms with E-state index in [1.165, 1.54) is 18.5 Å². The van der Waals surface area contributed by atoms with Crippen LogP contribution in [0.1, 0.15) is 18.5 Å². The van der Waals surface area contributed by atoms with Crippen molar-refractivity contribution >= 4 is 34.2 Å². The van der Waals surface area contributed by atoms with Gasteiger partial charge in [-0.15, -0.1) is 0 Å². The molecule has 4 N–H and O–H groups in total. The van der Waals surface area contributed by atoms with E-state index in [1.807, 2.05) is 56.3 Å². The summed E-state index contributed by atoms with van der Waals surface area (Å²) in [5.41, 5.74) is 1.92. The number of aromatic nitrogens is 2. The van der Waals surface area contributed by atoms with Crippen molar-refractivity contribution in [2.45, 2.75) is 13.0 Å². The lowest BCUT2D eigenvalue weighted by atomic mass is 10.1. The number of aliphatic hydroxyl groups excluding tert-OH is 1. The van der Waals surface area contributed by atoms with Crippen molar-refractivity contribution in [3.05, 3.63) is 66.5 Å². The number of ether oxygens (including phenoxy) is 1. The third kappa shape index (κ3) is 7.49. The second-order valence-corrected chi connectivity index (χ2v) is 8.23. The largest absolute Gasteiger partial charge is 0.492 e. The molecule has 190 valence electrons. The predicted octanol–water partition coefficient (Wildman–Crippen LogP) is 2.35. The number of fused-ring (bicyclic) bond motifs is 1. The topological polar surface area (TPSA) is 129 Å². The highest BCUT2D eigenvalue weighted by Gasteiger charge is 2.16. The van der Waals surface area contributed by atoms with E-state index in [1.54, 1.807) is 12.1 Å². The third-order valence-corrected chi connectivity index (χ3v) is 5.23. The first-order valence-electron chi connectivity index (χ1n) is 11.7. The minimum Gasteiger partial charge on any atom is -0.492 e. The number of rotatable bonds is 12. The van der Waals surface area contributed by atoms with Crippen molar-refractivity contribution in [1.82, 2.24) is 20.2 Å². The number of hydrogen-bond donors (Lipinski definition) is 4. The Balaban J connectivity index is 1.83. The molecule has 0 bridgehead atoms. The molecule has 0 aliphatic heterocycles. The summed E-state index contributed by atoms with van der Waals surface area (Å²) in [6, 6.07) is 12.6. The van der Waals surface area contributed by atoms with Crippen molar-refractivity contribution in [3.63, 3.8) is 0 Å². The van der Waals surface area contributed by atoms with Gasteiger partial charge in [0.2, 0.25) is 11.8 Å². The molecule has 0 aliphatic carbocycles. The maximum absolute atomic E-state index is 12.6. The zero-order valence-corrected chi connectivity index (χ0v) is 20.7. The summed E-state index contributed by atoms with van der Waals surface area (Å²) in [5.74, 6) is 0.0965. The lowest BCUT2D eigenvalue weighted by Crippen LogP contribution is -2.30. The van der Waals surface area contributed by atoms with Gasteiger partial charge in [0.1, 0.15) is 17.9 Å². The molecule has 0 aliphatic rings. The van der Waals surface area contributed by atoms with Gasteiger partial charge in [-0.25, -0.2) is 9.97 Å². The van der Waals surface area contributed by atoms with Gasteiger partial charge in [-0.05, 0) is 32.6 Å². The molecule has 36 heavy (non-hydrogen) atoms. The first-order valence-corrected chi connectivity index (χ1v) is 11.7. The quantitative estimate of drug-likeness (QED) is 0.284. The van der Waals surface area contributed by atoms with E-state index >= 15 is 0 Å². The number of nitrogens with zero attached hydrogens (tertiary/aromatic N) is 3. The van der Waals surface area contributed by atoms with Gasteiger partial charge in [-0.3, -0.25) is 9.59 Å². The van der Waals surface area contributed by atoms with E-state index in [-0.39, 0.29) is 18.6 Å². The van der Waals surface area contributed by atoms with Gasteiger partial charge >= 0.3 is 0 Å². The molecule has 0 saturated heterocycles. The number of aliphatic hydroxyl groups is 1. The summed E-state index contributed by atoms with van der Waals surface area (Å²) in [6.07, 6.45) is 3.78. The average molecular weight is 493 g/mol. The molecule has 1 atom stereocenters. The van der Waals surface area contributed by atoms with Crippen LogP contribution in [0.25, 0.3) is 10.9 Å². The van der Waals surface area contributed by atoms with Gasteiger partial charge in [0, 0.05) is 36.7 Å². The monoisotopic (exact) mass is 492 g/mol. The normalized spacial score (nSPS) is 12.0. The second kappa shape index (κ2) is 13.2. The van der Waals surface area contributed by atoms with E-state index < -0.39 is 5.91 Å². The number of carbonyl (C=O) groups excluding carboxylic acids is 2. The molecule has 1 aromatic heterocycles. The van der Waals surface area contributed by atoms with E-state index in [9.17, 15) is 14.7 Å². The van der Waals surface area contributed by atoms with Crippen LogP contribution in [0.15, 0.2) is 60.9 Å². The molecular weight excluding hydrogens is 460 g/mol. The lowest BCUT2D eigenvalue weighted by molar-refractivity contribution is -0.117. The van der Waals surface area contributed by atoms with Crippen LogP contribution in [0.4, 0.5) is 11.5 Å². The fourth-order valence-electron chi connectivity index (χ4n) is 3.44. The summed E-state index contributed by atoms with van der Waals surface area (Å²) >= 11 is 0. The smallest absolute Gasteiger partial charge is 0.248 e. The molecule has 0 unspecified atom stereocenters. The van der Waals surface area contributed by atoms with Crippen molar-refractivity contribution in [2.24, 2.45) is 0 Å². The molecule has 3 aromatic rings. The highest BCUT2D eigenvalue weighted by molar-refractivity contribution is 6.06. The third-order valence-electron chi connectivity index (χ3n) is 5.23. The van der Waals surface area contributed by atoms with Crippen molar-refractivity contribution in [1.29, 1.82) is 0 Å². The fourth-order valence-corrected chi connectivity index (χ4v) is 3.44. The van der Waals surface area contributed by atoms with E-state index in [2.05, 4.69) is 25.9 Å². The number of amides is 2. The number of carbonyl (C=O) groups is 2. The standard InChI is InChI=1S/C26H32N6O4/c1-4-36-23-15-20-19(14-21(23)30-25(35)11-10-24(34)27-12-13-32(2)3)26(29-17-28-20)31-22(16-33)18-8-6-5-7-9-18/h5-11,14-15,17,22,33H,4,12-13,16H2,1-3H3,(H,27,34)(H,30,35)(H,28,29,31)/t22-/m1/s1. The number of nitrogens with one attached hydrogen (secondary N) is 3. The van der Waals surface area contributed by atoms with Gasteiger partial charge in [0.15, 0.2) is 0 Å². The van der Waals surface area contributed by atoms with Crippen LogP contribution in [-0.4, -0.2) is 72.2 Å². The van der Waals surface area contributed by atoms with Crippen LogP contribution in [-0.2, 0) is 9.59 Å². The van der Waals surface area contributed by atoms with Crippen LogP contribution in [0, 0.1) is 0 Å². The van der Waals surface area contributed by atoms with Crippen LogP contribution in [0.5, 0.6) is 5.75 Å². The molecule has 10 heteroatoms. The zero-order chi connectivity index (χ0) is 25.9. The van der Waals surface area contributed by atoms with E-state index in [0.29, 0.717) is 47.9 Å². The Labute approximate surface area is 210 Å². The number of likely N-dealkylation sites (N-methyl/N-ethyl adjacent to an activating group) is 1. The molecule has 0 spiro atoms. The van der Waals surface area contributed by atoms with Gasteiger partial charge in [-0.1, -0.05) is 30.3 Å². The molecular formula is C26H32N6O4. The van der Waals surface area contributed by atoms with E-state index in [4.69, 9.17) is 4.74 Å². The molecule has 0 radical (unpaired) electrons. The minimum absolute atomic E-state index is 0.141. The minimum atomic E-state index is -0.484. The Hall–Kier alpha value is -4.02. The van der Waals surface area contributed by atoms with Crippen LogP contribution in [0.2, 0.25) is 0 Å². The second-order valence-electron chi connectivity index (χ2n) is 8.23. The van der Waals surface area contributed by atoms with Crippen molar-refractivity contribution in [3.8, 4) is 5.75 Å². The Morgan fingerprint density at radius 2 is 1.86 bits per heavy atom. The highest BCUT2D eigenvalue weighted by atomic mass is 16.5. The number of hydrogen-bond acceptors (Lipinski definition) is 8. The van der Waals surface area contributed by atoms with Crippen LogP contribution < -0.4 is 20.7 Å². The van der Waals surface area contributed by atoms with Crippen LogP contribution >= 0.6 is 0 Å². The maximum atomic E-state index is 12.6. The molecule has 2 amide bonds.